The summed E-state index contributed by atoms with van der Waals surface area (Å²) in [5.41, 5.74) is 0.196. The van der Waals surface area contributed by atoms with Crippen LogP contribution in [0.2, 0.25) is 0 Å². The highest BCUT2D eigenvalue weighted by Gasteiger charge is 2.40. The van der Waals surface area contributed by atoms with Gasteiger partial charge in [-0.25, -0.2) is 9.69 Å². The number of carbonyl (C=O) groups excluding carboxylic acids is 2. The van der Waals surface area contributed by atoms with Crippen LogP contribution in [0.3, 0.4) is 0 Å². The number of aromatic carboxylic acids is 1. The van der Waals surface area contributed by atoms with Crippen LogP contribution >= 0.6 is 11.3 Å². The van der Waals surface area contributed by atoms with Crippen LogP contribution < -0.4 is 4.90 Å². The summed E-state index contributed by atoms with van der Waals surface area (Å²) in [6.07, 6.45) is 1.42. The standard InChI is InChI=1S/C13H8N2O4S/c1-6-5-8(13(18)19)12(20-6)15-10(16)7-3-2-4-14-9(7)11(15)17/h2-5H,1H3,(H,18,19). The van der Waals surface area contributed by atoms with Crippen molar-refractivity contribution in [2.24, 2.45) is 0 Å². The minimum absolute atomic E-state index is 0.0537. The molecule has 100 valence electrons. The van der Waals surface area contributed by atoms with E-state index in [1.54, 1.807) is 13.0 Å². The highest BCUT2D eigenvalue weighted by molar-refractivity contribution is 7.17. The Morgan fingerprint density at radius 3 is 2.75 bits per heavy atom. The SMILES string of the molecule is Cc1cc(C(=O)O)c(N2C(=O)c3cccnc3C2=O)s1. The molecule has 0 atom stereocenters. The first kappa shape index (κ1) is 12.5. The van der Waals surface area contributed by atoms with E-state index < -0.39 is 17.8 Å². The Balaban J connectivity index is 2.17. The van der Waals surface area contributed by atoms with E-state index in [1.807, 2.05) is 0 Å². The van der Waals surface area contributed by atoms with Crippen molar-refractivity contribution in [3.63, 3.8) is 0 Å². The first-order chi connectivity index (χ1) is 9.50. The molecule has 2 amide bonds. The Morgan fingerprint density at radius 1 is 1.35 bits per heavy atom. The van der Waals surface area contributed by atoms with E-state index in [0.717, 1.165) is 16.2 Å². The van der Waals surface area contributed by atoms with Crippen molar-refractivity contribution in [1.82, 2.24) is 4.98 Å². The summed E-state index contributed by atoms with van der Waals surface area (Å²) in [5, 5.41) is 9.30. The number of aromatic nitrogens is 1. The number of rotatable bonds is 2. The quantitative estimate of drug-likeness (QED) is 0.853. The van der Waals surface area contributed by atoms with E-state index in [-0.39, 0.29) is 21.8 Å². The van der Waals surface area contributed by atoms with Crippen molar-refractivity contribution < 1.29 is 19.5 Å². The second-order valence-electron chi connectivity index (χ2n) is 4.23. The number of pyridine rings is 1. The zero-order valence-electron chi connectivity index (χ0n) is 10.3. The predicted octanol–water partition coefficient (Wildman–Crippen LogP) is 1.95. The fourth-order valence-electron chi connectivity index (χ4n) is 2.07. The lowest BCUT2D eigenvalue weighted by molar-refractivity contribution is 0.0698. The van der Waals surface area contributed by atoms with Crippen molar-refractivity contribution in [2.75, 3.05) is 4.90 Å². The van der Waals surface area contributed by atoms with Gasteiger partial charge in [-0.1, -0.05) is 0 Å². The number of carboxylic acid groups (broad SMARTS) is 1. The first-order valence-electron chi connectivity index (χ1n) is 5.68. The number of anilines is 1. The molecule has 0 fully saturated rings. The minimum atomic E-state index is -1.17. The smallest absolute Gasteiger partial charge is 0.338 e. The molecule has 0 unspecified atom stereocenters. The monoisotopic (exact) mass is 288 g/mol. The van der Waals surface area contributed by atoms with Crippen molar-refractivity contribution in [3.05, 3.63) is 46.1 Å². The highest BCUT2D eigenvalue weighted by Crippen LogP contribution is 2.36. The summed E-state index contributed by atoms with van der Waals surface area (Å²) >= 11 is 1.09. The number of carboxylic acids is 1. The van der Waals surface area contributed by atoms with E-state index in [0.29, 0.717) is 4.88 Å². The van der Waals surface area contributed by atoms with Gasteiger partial charge in [0.05, 0.1) is 11.1 Å². The van der Waals surface area contributed by atoms with E-state index in [4.69, 9.17) is 0 Å². The van der Waals surface area contributed by atoms with Gasteiger partial charge in [0, 0.05) is 11.1 Å². The number of thiophene rings is 1. The second kappa shape index (κ2) is 4.24. The first-order valence-corrected chi connectivity index (χ1v) is 6.50. The molecule has 0 radical (unpaired) electrons. The molecule has 2 aromatic rings. The lowest BCUT2D eigenvalue weighted by Gasteiger charge is -2.11. The number of carbonyl (C=O) groups is 3. The van der Waals surface area contributed by atoms with Crippen molar-refractivity contribution in [2.45, 2.75) is 6.92 Å². The van der Waals surface area contributed by atoms with Crippen LogP contribution in [-0.2, 0) is 0 Å². The van der Waals surface area contributed by atoms with Gasteiger partial charge in [0.25, 0.3) is 11.8 Å². The zero-order chi connectivity index (χ0) is 14.4. The van der Waals surface area contributed by atoms with E-state index in [1.165, 1.54) is 18.3 Å². The molecule has 0 saturated heterocycles. The molecule has 0 aliphatic carbocycles. The number of hydrogen-bond acceptors (Lipinski definition) is 5. The average molecular weight is 288 g/mol. The van der Waals surface area contributed by atoms with Gasteiger partial charge >= 0.3 is 5.97 Å². The Labute approximate surface area is 117 Å². The number of imide groups is 1. The largest absolute Gasteiger partial charge is 0.478 e. The van der Waals surface area contributed by atoms with Crippen molar-refractivity contribution in [3.8, 4) is 0 Å². The molecule has 2 aromatic heterocycles. The molecule has 0 aromatic carbocycles. The third-order valence-corrected chi connectivity index (χ3v) is 3.95. The Bertz CT molecular complexity index is 730. The maximum atomic E-state index is 12.3. The molecule has 20 heavy (non-hydrogen) atoms. The Kier molecular flexibility index (Phi) is 2.65. The van der Waals surface area contributed by atoms with E-state index >= 15 is 0 Å². The van der Waals surface area contributed by atoms with Crippen LogP contribution in [0.25, 0.3) is 0 Å². The summed E-state index contributed by atoms with van der Waals surface area (Å²) in [6, 6.07) is 4.51. The van der Waals surface area contributed by atoms with Gasteiger partial charge in [0.2, 0.25) is 0 Å². The number of fused-ring (bicyclic) bond motifs is 1. The fourth-order valence-corrected chi connectivity index (χ4v) is 3.07. The molecule has 3 rings (SSSR count). The summed E-state index contributed by atoms with van der Waals surface area (Å²) in [4.78, 5) is 41.2. The lowest BCUT2D eigenvalue weighted by atomic mass is 10.2. The predicted molar refractivity (Wildman–Crippen MR) is 71.4 cm³/mol. The second-order valence-corrected chi connectivity index (χ2v) is 5.46. The molecule has 7 heteroatoms. The Morgan fingerprint density at radius 2 is 2.10 bits per heavy atom. The topological polar surface area (TPSA) is 87.6 Å². The van der Waals surface area contributed by atoms with Crippen LogP contribution in [0.4, 0.5) is 5.00 Å². The van der Waals surface area contributed by atoms with Gasteiger partial charge < -0.3 is 5.11 Å². The van der Waals surface area contributed by atoms with Gasteiger partial charge in [-0.2, -0.15) is 0 Å². The van der Waals surface area contributed by atoms with Gasteiger partial charge in [-0.05, 0) is 25.1 Å². The molecule has 1 aliphatic heterocycles. The molecule has 0 saturated carbocycles. The molecule has 1 N–H and O–H groups in total. The van der Waals surface area contributed by atoms with Crippen molar-refractivity contribution in [1.29, 1.82) is 0 Å². The van der Waals surface area contributed by atoms with Crippen molar-refractivity contribution >= 4 is 34.1 Å². The van der Waals surface area contributed by atoms with Gasteiger partial charge in [-0.15, -0.1) is 11.3 Å². The highest BCUT2D eigenvalue weighted by atomic mass is 32.1. The lowest BCUT2D eigenvalue weighted by Crippen LogP contribution is -2.30. The molecule has 0 bridgehead atoms. The van der Waals surface area contributed by atoms with Gasteiger partial charge in [-0.3, -0.25) is 14.6 Å². The normalized spacial score (nSPS) is 13.8. The third-order valence-electron chi connectivity index (χ3n) is 2.92. The van der Waals surface area contributed by atoms with Crippen LogP contribution in [0.5, 0.6) is 0 Å². The molecule has 0 spiro atoms. The maximum Gasteiger partial charge on any atom is 0.338 e. The number of hydrogen-bond donors (Lipinski definition) is 1. The molecule has 1 aliphatic rings. The van der Waals surface area contributed by atoms with Crippen LogP contribution in [0.15, 0.2) is 24.4 Å². The molecular formula is C13H8N2O4S. The molecule has 6 nitrogen and oxygen atoms in total. The Hall–Kier alpha value is -2.54. The average Bonchev–Trinajstić information content (AvgIpc) is 2.90. The summed E-state index contributed by atoms with van der Waals surface area (Å²) in [7, 11) is 0. The van der Waals surface area contributed by atoms with Gasteiger partial charge in [0.15, 0.2) is 0 Å². The zero-order valence-corrected chi connectivity index (χ0v) is 11.1. The number of aryl methyl sites for hydroxylation is 1. The van der Waals surface area contributed by atoms with Crippen LogP contribution in [0, 0.1) is 6.92 Å². The third kappa shape index (κ3) is 1.64. The van der Waals surface area contributed by atoms with E-state index in [2.05, 4.69) is 4.98 Å². The summed E-state index contributed by atoms with van der Waals surface area (Å²) < 4.78 is 0. The number of amides is 2. The van der Waals surface area contributed by atoms with Crippen LogP contribution in [-0.4, -0.2) is 27.9 Å². The number of nitrogens with zero attached hydrogens (tertiary/aromatic N) is 2. The molecular weight excluding hydrogens is 280 g/mol. The molecule has 3 heterocycles. The summed E-state index contributed by atoms with van der Waals surface area (Å²) in [6.45, 7) is 1.72. The van der Waals surface area contributed by atoms with Gasteiger partial charge in [0.1, 0.15) is 10.7 Å². The minimum Gasteiger partial charge on any atom is -0.478 e. The van der Waals surface area contributed by atoms with Crippen LogP contribution in [0.1, 0.15) is 36.1 Å². The fraction of sp³-hybridized carbons (Fsp3) is 0.0769. The summed E-state index contributed by atoms with van der Waals surface area (Å²) in [5.74, 6) is -2.30. The van der Waals surface area contributed by atoms with E-state index in [9.17, 15) is 19.5 Å². The maximum absolute atomic E-state index is 12.3.